The van der Waals surface area contributed by atoms with E-state index >= 15 is 0 Å². The third kappa shape index (κ3) is 4.01. The van der Waals surface area contributed by atoms with Gasteiger partial charge in [0.25, 0.3) is 0 Å². The van der Waals surface area contributed by atoms with Gasteiger partial charge in [0.15, 0.2) is 0 Å². The Balaban J connectivity index is 1.93. The summed E-state index contributed by atoms with van der Waals surface area (Å²) < 4.78 is 0. The van der Waals surface area contributed by atoms with Crippen molar-refractivity contribution in [1.82, 2.24) is 9.88 Å². The van der Waals surface area contributed by atoms with Gasteiger partial charge in [-0.1, -0.05) is 19.8 Å². The number of amidine groups is 1. The minimum absolute atomic E-state index is 0.162. The Bertz CT molecular complexity index is 419. The molecule has 0 unspecified atom stereocenters. The van der Waals surface area contributed by atoms with Gasteiger partial charge in [-0.3, -0.25) is 5.41 Å². The molecule has 5 heteroatoms. The summed E-state index contributed by atoms with van der Waals surface area (Å²) in [6.45, 7) is 5.62. The van der Waals surface area contributed by atoms with E-state index in [1.807, 2.05) is 0 Å². The van der Waals surface area contributed by atoms with Crippen LogP contribution in [0.15, 0.2) is 0 Å². The first-order chi connectivity index (χ1) is 9.20. The van der Waals surface area contributed by atoms with Crippen molar-refractivity contribution < 1.29 is 0 Å². The summed E-state index contributed by atoms with van der Waals surface area (Å²) in [5.41, 5.74) is 6.60. The van der Waals surface area contributed by atoms with Crippen molar-refractivity contribution in [1.29, 1.82) is 5.41 Å². The molecule has 0 saturated carbocycles. The molecule has 106 valence electrons. The molecule has 0 spiro atoms. The summed E-state index contributed by atoms with van der Waals surface area (Å²) in [4.78, 5) is 8.05. The van der Waals surface area contributed by atoms with Gasteiger partial charge in [0.1, 0.15) is 5.84 Å². The fraction of sp³-hybridized carbons (Fsp3) is 0.714. The van der Waals surface area contributed by atoms with E-state index in [2.05, 4.69) is 16.8 Å². The normalized spacial score (nSPS) is 17.3. The van der Waals surface area contributed by atoms with Crippen LogP contribution in [0.25, 0.3) is 0 Å². The fourth-order valence-corrected chi connectivity index (χ4v) is 3.57. The predicted molar refractivity (Wildman–Crippen MR) is 81.1 cm³/mol. The van der Waals surface area contributed by atoms with E-state index in [-0.39, 0.29) is 5.84 Å². The summed E-state index contributed by atoms with van der Waals surface area (Å²) >= 11 is 1.60. The maximum atomic E-state index is 7.59. The quantitative estimate of drug-likeness (QED) is 0.643. The molecule has 0 bridgehead atoms. The van der Waals surface area contributed by atoms with E-state index in [1.54, 1.807) is 11.3 Å². The van der Waals surface area contributed by atoms with Gasteiger partial charge in [-0.05, 0) is 32.4 Å². The Labute approximate surface area is 119 Å². The largest absolute Gasteiger partial charge is 0.383 e. The van der Waals surface area contributed by atoms with Crippen LogP contribution in [-0.4, -0.2) is 35.4 Å². The molecule has 1 aliphatic heterocycles. The molecule has 0 radical (unpaired) electrons. The van der Waals surface area contributed by atoms with Gasteiger partial charge in [-0.15, -0.1) is 11.3 Å². The number of aromatic nitrogens is 1. The highest BCUT2D eigenvalue weighted by molar-refractivity contribution is 7.13. The standard InChI is InChI=1S/C14H24N4S/c1-2-11-13(14(15)16)19-12(17-11)7-10-18-8-5-3-4-6-9-18/h2-10H2,1H3,(H3,15,16). The molecule has 1 aromatic heterocycles. The zero-order chi connectivity index (χ0) is 13.7. The average molecular weight is 280 g/mol. The second-order valence-corrected chi connectivity index (χ2v) is 6.24. The summed E-state index contributed by atoms with van der Waals surface area (Å²) in [6.07, 6.45) is 7.26. The van der Waals surface area contributed by atoms with E-state index in [9.17, 15) is 0 Å². The third-order valence-electron chi connectivity index (χ3n) is 3.66. The maximum absolute atomic E-state index is 7.59. The van der Waals surface area contributed by atoms with Gasteiger partial charge in [-0.25, -0.2) is 4.98 Å². The highest BCUT2D eigenvalue weighted by Crippen LogP contribution is 2.20. The van der Waals surface area contributed by atoms with Crippen LogP contribution < -0.4 is 5.73 Å². The van der Waals surface area contributed by atoms with Gasteiger partial charge < -0.3 is 10.6 Å². The number of nitrogens with two attached hydrogens (primary N) is 1. The van der Waals surface area contributed by atoms with E-state index in [0.717, 1.165) is 35.0 Å². The van der Waals surface area contributed by atoms with Gasteiger partial charge in [0.05, 0.1) is 15.6 Å². The van der Waals surface area contributed by atoms with Crippen LogP contribution in [-0.2, 0) is 12.8 Å². The SMILES string of the molecule is CCc1nc(CCN2CCCCCC2)sc1C(=N)N. The molecule has 2 rings (SSSR count). The summed E-state index contributed by atoms with van der Waals surface area (Å²) in [6, 6.07) is 0. The first kappa shape index (κ1) is 14.5. The third-order valence-corrected chi connectivity index (χ3v) is 4.85. The Hall–Kier alpha value is -0.940. The number of nitrogen functional groups attached to an aromatic ring is 1. The fourth-order valence-electron chi connectivity index (χ4n) is 2.57. The Morgan fingerprint density at radius 1 is 1.32 bits per heavy atom. The van der Waals surface area contributed by atoms with Crippen LogP contribution in [0.4, 0.5) is 0 Å². The molecule has 0 atom stereocenters. The molecule has 0 aromatic carbocycles. The van der Waals surface area contributed by atoms with E-state index in [1.165, 1.54) is 38.8 Å². The van der Waals surface area contributed by atoms with E-state index in [0.29, 0.717) is 0 Å². The molecule has 0 aliphatic carbocycles. The smallest absolute Gasteiger partial charge is 0.135 e. The maximum Gasteiger partial charge on any atom is 0.135 e. The Morgan fingerprint density at radius 2 is 2.00 bits per heavy atom. The van der Waals surface area contributed by atoms with Crippen molar-refractivity contribution in [2.45, 2.75) is 45.4 Å². The monoisotopic (exact) mass is 280 g/mol. The van der Waals surface area contributed by atoms with Crippen LogP contribution in [0, 0.1) is 5.41 Å². The Kier molecular flexibility index (Phi) is 5.34. The van der Waals surface area contributed by atoms with Crippen molar-refractivity contribution in [3.8, 4) is 0 Å². The van der Waals surface area contributed by atoms with Gasteiger partial charge in [0.2, 0.25) is 0 Å². The minimum atomic E-state index is 0.162. The molecule has 1 saturated heterocycles. The number of nitrogens with zero attached hydrogens (tertiary/aromatic N) is 2. The molecular formula is C14H24N4S. The number of nitrogens with one attached hydrogen (secondary N) is 1. The number of likely N-dealkylation sites (tertiary alicyclic amines) is 1. The molecule has 19 heavy (non-hydrogen) atoms. The van der Waals surface area contributed by atoms with Gasteiger partial charge in [0, 0.05) is 13.0 Å². The highest BCUT2D eigenvalue weighted by atomic mass is 32.1. The van der Waals surface area contributed by atoms with Crippen LogP contribution in [0.1, 0.15) is 48.2 Å². The van der Waals surface area contributed by atoms with Crippen molar-refractivity contribution in [2.24, 2.45) is 5.73 Å². The molecule has 1 aromatic rings. The lowest BCUT2D eigenvalue weighted by molar-refractivity contribution is 0.288. The number of hydrogen-bond donors (Lipinski definition) is 2. The molecular weight excluding hydrogens is 256 g/mol. The van der Waals surface area contributed by atoms with Crippen molar-refractivity contribution in [3.05, 3.63) is 15.6 Å². The summed E-state index contributed by atoms with van der Waals surface area (Å²) in [7, 11) is 0. The molecule has 2 heterocycles. The topological polar surface area (TPSA) is 66.0 Å². The zero-order valence-electron chi connectivity index (χ0n) is 11.7. The van der Waals surface area contributed by atoms with Gasteiger partial charge in [-0.2, -0.15) is 0 Å². The van der Waals surface area contributed by atoms with Crippen molar-refractivity contribution in [2.75, 3.05) is 19.6 Å². The van der Waals surface area contributed by atoms with Crippen molar-refractivity contribution >= 4 is 17.2 Å². The molecule has 1 fully saturated rings. The summed E-state index contributed by atoms with van der Waals surface area (Å²) in [5.74, 6) is 0.162. The van der Waals surface area contributed by atoms with Crippen LogP contribution in [0.2, 0.25) is 0 Å². The van der Waals surface area contributed by atoms with Gasteiger partial charge >= 0.3 is 0 Å². The first-order valence-electron chi connectivity index (χ1n) is 7.26. The van der Waals surface area contributed by atoms with Crippen molar-refractivity contribution in [3.63, 3.8) is 0 Å². The molecule has 3 N–H and O–H groups in total. The summed E-state index contributed by atoms with van der Waals surface area (Å²) in [5, 5.41) is 8.72. The van der Waals surface area contributed by atoms with E-state index < -0.39 is 0 Å². The molecule has 4 nitrogen and oxygen atoms in total. The lowest BCUT2D eigenvalue weighted by atomic mass is 10.2. The predicted octanol–water partition coefficient (Wildman–Crippen LogP) is 2.41. The van der Waals surface area contributed by atoms with Crippen LogP contribution >= 0.6 is 11.3 Å². The minimum Gasteiger partial charge on any atom is -0.383 e. The number of aryl methyl sites for hydroxylation is 1. The second-order valence-electron chi connectivity index (χ2n) is 5.16. The molecule has 0 amide bonds. The average Bonchev–Trinajstić information content (AvgIpc) is 2.64. The first-order valence-corrected chi connectivity index (χ1v) is 8.07. The van der Waals surface area contributed by atoms with E-state index in [4.69, 9.17) is 11.1 Å². The molecule has 1 aliphatic rings. The lowest BCUT2D eigenvalue weighted by Crippen LogP contribution is -2.26. The highest BCUT2D eigenvalue weighted by Gasteiger charge is 2.14. The van der Waals surface area contributed by atoms with Crippen LogP contribution in [0.5, 0.6) is 0 Å². The zero-order valence-corrected chi connectivity index (χ0v) is 12.6. The number of thiazole rings is 1. The lowest BCUT2D eigenvalue weighted by Gasteiger charge is -2.18. The van der Waals surface area contributed by atoms with Crippen LogP contribution in [0.3, 0.4) is 0 Å². The number of rotatable bonds is 5. The number of hydrogen-bond acceptors (Lipinski definition) is 4. The Morgan fingerprint density at radius 3 is 2.53 bits per heavy atom. The second kappa shape index (κ2) is 7.01.